The molecule has 0 N–H and O–H groups in total. The number of carbonyl (C=O) groups is 3. The van der Waals surface area contributed by atoms with Crippen LogP contribution in [-0.4, -0.2) is 59.7 Å². The van der Waals surface area contributed by atoms with Crippen molar-refractivity contribution in [1.82, 2.24) is 9.80 Å². The number of morpholine rings is 1. The highest BCUT2D eigenvalue weighted by molar-refractivity contribution is 8.18. The first-order chi connectivity index (χ1) is 12.0. The van der Waals surface area contributed by atoms with Gasteiger partial charge in [0.15, 0.2) is 0 Å². The van der Waals surface area contributed by atoms with E-state index in [1.807, 2.05) is 0 Å². The van der Waals surface area contributed by atoms with Crippen LogP contribution in [0.15, 0.2) is 23.1 Å². The van der Waals surface area contributed by atoms with Crippen LogP contribution in [0.2, 0.25) is 10.0 Å². The fourth-order valence-electron chi connectivity index (χ4n) is 2.44. The lowest BCUT2D eigenvalue weighted by molar-refractivity contribution is -0.139. The molecule has 2 saturated heterocycles. The Hall–Kier alpha value is -1.54. The molecule has 3 amide bonds. The van der Waals surface area contributed by atoms with E-state index in [0.29, 0.717) is 41.9 Å². The Kier molecular flexibility index (Phi) is 5.68. The first kappa shape index (κ1) is 18.3. The zero-order valence-electron chi connectivity index (χ0n) is 13.0. The molecule has 1 aromatic carbocycles. The van der Waals surface area contributed by atoms with Crippen LogP contribution in [0.25, 0.3) is 6.08 Å². The molecule has 9 heteroatoms. The molecule has 3 rings (SSSR count). The average Bonchev–Trinajstić information content (AvgIpc) is 2.85. The van der Waals surface area contributed by atoms with Gasteiger partial charge in [-0.3, -0.25) is 19.3 Å². The van der Waals surface area contributed by atoms with Crippen molar-refractivity contribution >= 4 is 58.1 Å². The molecule has 0 aromatic heterocycles. The van der Waals surface area contributed by atoms with E-state index in [0.717, 1.165) is 16.7 Å². The zero-order chi connectivity index (χ0) is 18.0. The first-order valence-electron chi connectivity index (χ1n) is 7.51. The average molecular weight is 401 g/mol. The number of ether oxygens (including phenoxy) is 1. The van der Waals surface area contributed by atoms with Gasteiger partial charge in [0, 0.05) is 23.1 Å². The predicted molar refractivity (Wildman–Crippen MR) is 96.5 cm³/mol. The summed E-state index contributed by atoms with van der Waals surface area (Å²) in [6, 6.07) is 4.87. The maximum absolute atomic E-state index is 12.5. The summed E-state index contributed by atoms with van der Waals surface area (Å²) in [5.74, 6) is -0.765. The smallest absolute Gasteiger partial charge is 0.294 e. The number of thioether (sulfide) groups is 1. The third kappa shape index (κ3) is 4.17. The van der Waals surface area contributed by atoms with Gasteiger partial charge in [0.05, 0.1) is 18.1 Å². The quantitative estimate of drug-likeness (QED) is 0.729. The summed E-state index contributed by atoms with van der Waals surface area (Å²) in [6.45, 7) is 1.58. The first-order valence-corrected chi connectivity index (χ1v) is 9.09. The maximum atomic E-state index is 12.5. The van der Waals surface area contributed by atoms with Crippen LogP contribution in [0.5, 0.6) is 0 Å². The summed E-state index contributed by atoms with van der Waals surface area (Å²) < 4.78 is 5.19. The van der Waals surface area contributed by atoms with Crippen LogP contribution >= 0.6 is 35.0 Å². The lowest BCUT2D eigenvalue weighted by Crippen LogP contribution is -2.46. The summed E-state index contributed by atoms with van der Waals surface area (Å²) in [5, 5.41) is 0.387. The van der Waals surface area contributed by atoms with Crippen LogP contribution in [0.3, 0.4) is 0 Å². The Bertz CT molecular complexity index is 763. The molecule has 25 heavy (non-hydrogen) atoms. The molecule has 6 nitrogen and oxygen atoms in total. The molecule has 0 atom stereocenters. The van der Waals surface area contributed by atoms with Crippen LogP contribution in [0.1, 0.15) is 5.56 Å². The summed E-state index contributed by atoms with van der Waals surface area (Å²) in [7, 11) is 0. The van der Waals surface area contributed by atoms with Gasteiger partial charge in [-0.1, -0.05) is 29.3 Å². The van der Waals surface area contributed by atoms with Gasteiger partial charge in [0.2, 0.25) is 5.91 Å². The number of rotatable bonds is 3. The lowest BCUT2D eigenvalue weighted by atomic mass is 10.2. The third-order valence-corrected chi connectivity index (χ3v) is 5.25. The highest BCUT2D eigenvalue weighted by Crippen LogP contribution is 2.34. The Morgan fingerprint density at radius 3 is 2.64 bits per heavy atom. The molecule has 0 saturated carbocycles. The fourth-order valence-corrected chi connectivity index (χ4v) is 3.74. The van der Waals surface area contributed by atoms with Gasteiger partial charge in [-0.15, -0.1) is 0 Å². The van der Waals surface area contributed by atoms with Crippen LogP contribution in [0, 0.1) is 0 Å². The SMILES string of the molecule is O=C(CN1C(=O)S/C(=C/c2ccc(Cl)cc2Cl)C1=O)N1CCOCC1. The second-order valence-corrected chi connectivity index (χ2v) is 7.26. The van der Waals surface area contributed by atoms with E-state index < -0.39 is 11.1 Å². The standard InChI is InChI=1S/C16H14Cl2N2O4S/c17-11-2-1-10(12(18)8-11)7-13-15(22)20(16(23)25-13)9-14(21)19-3-5-24-6-4-19/h1-2,7-8H,3-6,9H2/b13-7+. The normalized spacial score (nSPS) is 19.8. The third-order valence-electron chi connectivity index (χ3n) is 3.78. The fraction of sp³-hybridized carbons (Fsp3) is 0.312. The van der Waals surface area contributed by atoms with Gasteiger partial charge in [0.1, 0.15) is 6.54 Å². The van der Waals surface area contributed by atoms with Crippen molar-refractivity contribution in [2.24, 2.45) is 0 Å². The van der Waals surface area contributed by atoms with Crippen molar-refractivity contribution in [3.63, 3.8) is 0 Å². The highest BCUT2D eigenvalue weighted by atomic mass is 35.5. The maximum Gasteiger partial charge on any atom is 0.294 e. The van der Waals surface area contributed by atoms with Crippen molar-refractivity contribution in [3.05, 3.63) is 38.7 Å². The highest BCUT2D eigenvalue weighted by Gasteiger charge is 2.37. The molecule has 0 unspecified atom stereocenters. The number of imide groups is 1. The second kappa shape index (κ2) is 7.78. The van der Waals surface area contributed by atoms with Crippen molar-refractivity contribution in [2.75, 3.05) is 32.8 Å². The van der Waals surface area contributed by atoms with E-state index in [-0.39, 0.29) is 17.4 Å². The number of carbonyl (C=O) groups excluding carboxylic acids is 3. The number of halogens is 2. The molecule has 0 radical (unpaired) electrons. The summed E-state index contributed by atoms with van der Waals surface area (Å²) >= 11 is 12.7. The van der Waals surface area contributed by atoms with Gasteiger partial charge in [-0.2, -0.15) is 0 Å². The molecule has 2 fully saturated rings. The number of amides is 3. The number of nitrogens with zero attached hydrogens (tertiary/aromatic N) is 2. The molecule has 1 aromatic rings. The molecule has 2 aliphatic heterocycles. The molecule has 132 valence electrons. The Morgan fingerprint density at radius 1 is 1.24 bits per heavy atom. The zero-order valence-corrected chi connectivity index (χ0v) is 15.4. The van der Waals surface area contributed by atoms with E-state index in [2.05, 4.69) is 0 Å². The van der Waals surface area contributed by atoms with Crippen molar-refractivity contribution in [1.29, 1.82) is 0 Å². The second-order valence-electron chi connectivity index (χ2n) is 5.43. The number of hydrogen-bond acceptors (Lipinski definition) is 5. The van der Waals surface area contributed by atoms with Crippen molar-refractivity contribution < 1.29 is 19.1 Å². The van der Waals surface area contributed by atoms with E-state index in [1.54, 1.807) is 23.1 Å². The van der Waals surface area contributed by atoms with E-state index in [9.17, 15) is 14.4 Å². The van der Waals surface area contributed by atoms with Gasteiger partial charge >= 0.3 is 0 Å². The van der Waals surface area contributed by atoms with Crippen LogP contribution in [-0.2, 0) is 14.3 Å². The summed E-state index contributed by atoms with van der Waals surface area (Å²) in [4.78, 5) is 39.6. The topological polar surface area (TPSA) is 66.9 Å². The largest absolute Gasteiger partial charge is 0.378 e. The van der Waals surface area contributed by atoms with Gasteiger partial charge < -0.3 is 9.64 Å². The Morgan fingerprint density at radius 2 is 1.96 bits per heavy atom. The van der Waals surface area contributed by atoms with E-state index in [4.69, 9.17) is 27.9 Å². The molecule has 0 bridgehead atoms. The Labute approximate surface area is 158 Å². The van der Waals surface area contributed by atoms with E-state index >= 15 is 0 Å². The lowest BCUT2D eigenvalue weighted by Gasteiger charge is -2.28. The van der Waals surface area contributed by atoms with Crippen LogP contribution in [0.4, 0.5) is 4.79 Å². The summed E-state index contributed by atoms with van der Waals surface area (Å²) in [6.07, 6.45) is 1.53. The van der Waals surface area contributed by atoms with Gasteiger partial charge in [0.25, 0.3) is 11.1 Å². The minimum absolute atomic E-state index is 0.226. The minimum atomic E-state index is -0.498. The summed E-state index contributed by atoms with van der Waals surface area (Å²) in [5.41, 5.74) is 0.580. The monoisotopic (exact) mass is 400 g/mol. The Balaban J connectivity index is 1.73. The van der Waals surface area contributed by atoms with Crippen molar-refractivity contribution in [2.45, 2.75) is 0 Å². The minimum Gasteiger partial charge on any atom is -0.378 e. The number of benzene rings is 1. The molecular formula is C16H14Cl2N2O4S. The predicted octanol–water partition coefficient (Wildman–Crippen LogP) is 2.89. The van der Waals surface area contributed by atoms with Crippen LogP contribution < -0.4 is 0 Å². The van der Waals surface area contributed by atoms with E-state index in [1.165, 1.54) is 6.08 Å². The molecule has 2 heterocycles. The van der Waals surface area contributed by atoms with Gasteiger partial charge in [-0.05, 0) is 35.5 Å². The molecule has 0 aliphatic carbocycles. The molecule has 2 aliphatic rings. The van der Waals surface area contributed by atoms with Gasteiger partial charge in [-0.25, -0.2) is 0 Å². The number of hydrogen-bond donors (Lipinski definition) is 0. The molecule has 0 spiro atoms. The van der Waals surface area contributed by atoms with Crippen molar-refractivity contribution in [3.8, 4) is 0 Å². The molecular weight excluding hydrogens is 387 g/mol.